The maximum atomic E-state index is 12.6. The van der Waals surface area contributed by atoms with Crippen molar-refractivity contribution >= 4 is 5.91 Å². The lowest BCUT2D eigenvalue weighted by Crippen LogP contribution is -2.42. The number of aryl methyl sites for hydroxylation is 1. The van der Waals surface area contributed by atoms with E-state index in [0.717, 1.165) is 50.5 Å². The smallest absolute Gasteiger partial charge is 0.273 e. The number of ether oxygens (including phenoxy) is 1. The van der Waals surface area contributed by atoms with E-state index in [1.54, 1.807) is 24.4 Å². The van der Waals surface area contributed by atoms with Gasteiger partial charge in [0, 0.05) is 32.9 Å². The van der Waals surface area contributed by atoms with Crippen LogP contribution in [0.4, 0.5) is 0 Å². The second-order valence-corrected chi connectivity index (χ2v) is 7.60. The number of aromatic nitrogens is 2. The first kappa shape index (κ1) is 20.3. The first-order valence-electron chi connectivity index (χ1n) is 9.95. The molecule has 150 valence electrons. The molecule has 2 aromatic rings. The predicted octanol–water partition coefficient (Wildman–Crippen LogP) is 2.82. The minimum Gasteiger partial charge on any atom is -0.496 e. The largest absolute Gasteiger partial charge is 0.496 e. The molecule has 0 spiro atoms. The lowest BCUT2D eigenvalue weighted by molar-refractivity contribution is 0.0724. The molecule has 1 fully saturated rings. The number of carbonyl (C=O) groups is 1. The highest BCUT2D eigenvalue weighted by Gasteiger charge is 2.23. The number of carbonyl (C=O) groups excluding carboxylic acids is 1. The van der Waals surface area contributed by atoms with E-state index in [-0.39, 0.29) is 5.91 Å². The maximum absolute atomic E-state index is 12.6. The van der Waals surface area contributed by atoms with Gasteiger partial charge in [-0.1, -0.05) is 18.2 Å². The molecule has 2 heterocycles. The van der Waals surface area contributed by atoms with E-state index in [1.807, 2.05) is 26.1 Å². The van der Waals surface area contributed by atoms with Crippen LogP contribution in [0.5, 0.6) is 5.75 Å². The van der Waals surface area contributed by atoms with Gasteiger partial charge in [0.2, 0.25) is 0 Å². The number of piperidine rings is 1. The zero-order valence-corrected chi connectivity index (χ0v) is 17.1. The lowest BCUT2D eigenvalue weighted by Gasteiger charge is -2.34. The summed E-state index contributed by atoms with van der Waals surface area (Å²) in [7, 11) is 3.58. The van der Waals surface area contributed by atoms with Crippen LogP contribution in [-0.2, 0) is 6.42 Å². The van der Waals surface area contributed by atoms with Crippen molar-refractivity contribution in [3.8, 4) is 5.75 Å². The van der Waals surface area contributed by atoms with Gasteiger partial charge in [0.1, 0.15) is 11.4 Å². The summed E-state index contributed by atoms with van der Waals surface area (Å²) in [6, 6.07) is 8.22. The van der Waals surface area contributed by atoms with E-state index in [9.17, 15) is 4.79 Å². The molecule has 3 rings (SSSR count). The molecule has 1 saturated heterocycles. The van der Waals surface area contributed by atoms with Crippen LogP contribution < -0.4 is 4.74 Å². The van der Waals surface area contributed by atoms with Crippen LogP contribution in [0.3, 0.4) is 0 Å². The Hall–Kier alpha value is -2.47. The molecule has 0 bridgehead atoms. The number of hydrogen-bond acceptors (Lipinski definition) is 5. The summed E-state index contributed by atoms with van der Waals surface area (Å²) in [5.74, 6) is 1.39. The molecule has 0 aliphatic carbocycles. The van der Waals surface area contributed by atoms with Gasteiger partial charge in [0.25, 0.3) is 5.91 Å². The SMILES string of the molecule is COc1ccccc1CCN1CCCC(CN(C)C(=O)c2cnc(C)cn2)C1. The van der Waals surface area contributed by atoms with Crippen molar-refractivity contribution in [1.82, 2.24) is 19.8 Å². The Kier molecular flexibility index (Phi) is 6.98. The van der Waals surface area contributed by atoms with E-state index in [1.165, 1.54) is 12.0 Å². The second kappa shape index (κ2) is 9.64. The Bertz CT molecular complexity index is 778. The number of nitrogens with zero attached hydrogens (tertiary/aromatic N) is 4. The summed E-state index contributed by atoms with van der Waals surface area (Å²) in [5.41, 5.74) is 2.48. The molecule has 0 N–H and O–H groups in total. The standard InChI is InChI=1S/C22H30N4O2/c1-17-13-24-20(14-23-17)22(27)25(2)15-18-7-6-11-26(16-18)12-10-19-8-4-5-9-21(19)28-3/h4-5,8-9,13-14,18H,6-7,10-12,15-16H2,1-3H3. The first-order valence-corrected chi connectivity index (χ1v) is 9.95. The number of rotatable bonds is 7. The summed E-state index contributed by atoms with van der Waals surface area (Å²) in [6.45, 7) is 5.77. The maximum Gasteiger partial charge on any atom is 0.273 e. The monoisotopic (exact) mass is 382 g/mol. The third kappa shape index (κ3) is 5.29. The molecule has 0 saturated carbocycles. The molecule has 1 amide bonds. The van der Waals surface area contributed by atoms with E-state index in [4.69, 9.17) is 4.74 Å². The number of amides is 1. The molecule has 1 aromatic carbocycles. The summed E-state index contributed by atoms with van der Waals surface area (Å²) in [6.07, 6.45) is 6.51. The molecule has 1 aliphatic heterocycles. The van der Waals surface area contributed by atoms with Crippen LogP contribution >= 0.6 is 0 Å². The van der Waals surface area contributed by atoms with Crippen molar-refractivity contribution in [1.29, 1.82) is 0 Å². The highest BCUT2D eigenvalue weighted by Crippen LogP contribution is 2.21. The summed E-state index contributed by atoms with van der Waals surface area (Å²) >= 11 is 0. The van der Waals surface area contributed by atoms with Crippen molar-refractivity contribution in [2.45, 2.75) is 26.2 Å². The third-order valence-corrected chi connectivity index (χ3v) is 5.37. The van der Waals surface area contributed by atoms with Crippen molar-refractivity contribution in [2.75, 3.05) is 40.3 Å². The summed E-state index contributed by atoms with van der Waals surface area (Å²) in [5, 5.41) is 0. The first-order chi connectivity index (χ1) is 13.6. The van der Waals surface area contributed by atoms with Crippen LogP contribution in [0.1, 0.15) is 34.6 Å². The average molecular weight is 383 g/mol. The molecule has 6 nitrogen and oxygen atoms in total. The molecule has 0 radical (unpaired) electrons. The van der Waals surface area contributed by atoms with Gasteiger partial charge in [0.05, 0.1) is 19.0 Å². The Labute approximate surface area is 167 Å². The van der Waals surface area contributed by atoms with Crippen molar-refractivity contribution < 1.29 is 9.53 Å². The predicted molar refractivity (Wildman–Crippen MR) is 110 cm³/mol. The fourth-order valence-electron chi connectivity index (χ4n) is 3.86. The van der Waals surface area contributed by atoms with Gasteiger partial charge < -0.3 is 14.5 Å². The quantitative estimate of drug-likeness (QED) is 0.737. The summed E-state index contributed by atoms with van der Waals surface area (Å²) < 4.78 is 5.46. The number of para-hydroxylation sites is 1. The molecule has 28 heavy (non-hydrogen) atoms. The average Bonchev–Trinajstić information content (AvgIpc) is 2.72. The van der Waals surface area contributed by atoms with Crippen LogP contribution in [-0.4, -0.2) is 66.0 Å². The van der Waals surface area contributed by atoms with Crippen LogP contribution in [0.25, 0.3) is 0 Å². The molecular weight excluding hydrogens is 352 g/mol. The zero-order chi connectivity index (χ0) is 19.9. The Balaban J connectivity index is 1.51. The third-order valence-electron chi connectivity index (χ3n) is 5.37. The molecule has 1 unspecified atom stereocenters. The molecule has 1 aromatic heterocycles. The van der Waals surface area contributed by atoms with Crippen molar-refractivity contribution in [3.05, 3.63) is 53.6 Å². The molecule has 6 heteroatoms. The highest BCUT2D eigenvalue weighted by molar-refractivity contribution is 5.91. The minimum atomic E-state index is -0.0568. The number of likely N-dealkylation sites (tertiary alicyclic amines) is 1. The van der Waals surface area contributed by atoms with Gasteiger partial charge in [-0.3, -0.25) is 9.78 Å². The molecule has 1 atom stereocenters. The fraction of sp³-hybridized carbons (Fsp3) is 0.500. The topological polar surface area (TPSA) is 58.6 Å². The molecule has 1 aliphatic rings. The van der Waals surface area contributed by atoms with Crippen molar-refractivity contribution in [2.24, 2.45) is 5.92 Å². The Morgan fingerprint density at radius 2 is 2.11 bits per heavy atom. The van der Waals surface area contributed by atoms with Gasteiger partial charge in [-0.2, -0.15) is 0 Å². The van der Waals surface area contributed by atoms with E-state index >= 15 is 0 Å². The van der Waals surface area contributed by atoms with Gasteiger partial charge in [0.15, 0.2) is 0 Å². The highest BCUT2D eigenvalue weighted by atomic mass is 16.5. The number of methoxy groups -OCH3 is 1. The van der Waals surface area contributed by atoms with Gasteiger partial charge in [-0.15, -0.1) is 0 Å². The second-order valence-electron chi connectivity index (χ2n) is 7.60. The van der Waals surface area contributed by atoms with Crippen molar-refractivity contribution in [3.63, 3.8) is 0 Å². The van der Waals surface area contributed by atoms with Gasteiger partial charge in [-0.05, 0) is 50.3 Å². The number of benzene rings is 1. The Morgan fingerprint density at radius 1 is 1.29 bits per heavy atom. The van der Waals surface area contributed by atoms with E-state index in [0.29, 0.717) is 11.6 Å². The van der Waals surface area contributed by atoms with Crippen LogP contribution in [0.15, 0.2) is 36.7 Å². The van der Waals surface area contributed by atoms with E-state index < -0.39 is 0 Å². The van der Waals surface area contributed by atoms with Crippen LogP contribution in [0.2, 0.25) is 0 Å². The van der Waals surface area contributed by atoms with E-state index in [2.05, 4.69) is 27.0 Å². The van der Waals surface area contributed by atoms with Gasteiger partial charge in [-0.25, -0.2) is 4.98 Å². The summed E-state index contributed by atoms with van der Waals surface area (Å²) in [4.78, 5) is 25.3. The molecular formula is C22H30N4O2. The lowest BCUT2D eigenvalue weighted by atomic mass is 9.97. The van der Waals surface area contributed by atoms with Gasteiger partial charge >= 0.3 is 0 Å². The normalized spacial score (nSPS) is 17.3. The number of hydrogen-bond donors (Lipinski definition) is 0. The van der Waals surface area contributed by atoms with Crippen LogP contribution in [0, 0.1) is 12.8 Å². The Morgan fingerprint density at radius 3 is 2.86 bits per heavy atom. The zero-order valence-electron chi connectivity index (χ0n) is 17.1. The minimum absolute atomic E-state index is 0.0568. The fourth-order valence-corrected chi connectivity index (χ4v) is 3.86.